The first kappa shape index (κ1) is 15.4. The molecule has 1 amide bonds. The lowest BCUT2D eigenvalue weighted by Gasteiger charge is -2.34. The summed E-state index contributed by atoms with van der Waals surface area (Å²) in [5, 5.41) is 0. The highest BCUT2D eigenvalue weighted by atomic mass is 19.2. The number of halogens is 2. The van der Waals surface area contributed by atoms with Gasteiger partial charge in [0.05, 0.1) is 19.2 Å². The van der Waals surface area contributed by atoms with Crippen LogP contribution < -0.4 is 0 Å². The van der Waals surface area contributed by atoms with Crippen LogP contribution in [-0.4, -0.2) is 61.5 Å². The molecular formula is C14H16F2N2O3. The molecule has 0 bridgehead atoms. The molecule has 1 fully saturated rings. The molecule has 1 aliphatic rings. The van der Waals surface area contributed by atoms with Crippen LogP contribution in [0.5, 0.6) is 0 Å². The summed E-state index contributed by atoms with van der Waals surface area (Å²) in [7, 11) is 1.31. The van der Waals surface area contributed by atoms with E-state index in [-0.39, 0.29) is 18.1 Å². The first-order valence-electron chi connectivity index (χ1n) is 6.55. The van der Waals surface area contributed by atoms with Gasteiger partial charge in [-0.15, -0.1) is 0 Å². The quantitative estimate of drug-likeness (QED) is 0.778. The molecule has 1 aromatic rings. The summed E-state index contributed by atoms with van der Waals surface area (Å²) in [6.45, 7) is 1.83. The van der Waals surface area contributed by atoms with Crippen molar-refractivity contribution in [3.63, 3.8) is 0 Å². The van der Waals surface area contributed by atoms with Crippen molar-refractivity contribution < 1.29 is 23.1 Å². The third-order valence-electron chi connectivity index (χ3n) is 3.42. The molecule has 1 saturated heterocycles. The van der Waals surface area contributed by atoms with Crippen LogP contribution in [0.25, 0.3) is 0 Å². The van der Waals surface area contributed by atoms with Crippen molar-refractivity contribution in [3.05, 3.63) is 35.4 Å². The average Bonchev–Trinajstić information content (AvgIpc) is 2.50. The predicted octanol–water partition coefficient (Wildman–Crippen LogP) is 0.896. The molecule has 0 unspecified atom stereocenters. The molecule has 0 spiro atoms. The van der Waals surface area contributed by atoms with Crippen LogP contribution in [0.2, 0.25) is 0 Å². The first-order valence-corrected chi connectivity index (χ1v) is 6.55. The number of carbonyl (C=O) groups excluding carboxylic acids is 2. The van der Waals surface area contributed by atoms with E-state index in [1.165, 1.54) is 24.1 Å². The highest BCUT2D eigenvalue weighted by Gasteiger charge is 2.25. The summed E-state index contributed by atoms with van der Waals surface area (Å²) in [5.74, 6) is -3.04. The van der Waals surface area contributed by atoms with Crippen molar-refractivity contribution in [2.24, 2.45) is 0 Å². The van der Waals surface area contributed by atoms with Crippen molar-refractivity contribution in [1.29, 1.82) is 0 Å². The van der Waals surface area contributed by atoms with Crippen molar-refractivity contribution in [3.8, 4) is 0 Å². The molecule has 5 nitrogen and oxygen atoms in total. The molecule has 1 aliphatic heterocycles. The van der Waals surface area contributed by atoms with E-state index in [4.69, 9.17) is 0 Å². The largest absolute Gasteiger partial charge is 0.468 e. The Bertz CT molecular complexity index is 543. The van der Waals surface area contributed by atoms with Gasteiger partial charge in [0.1, 0.15) is 0 Å². The maximum Gasteiger partial charge on any atom is 0.319 e. The van der Waals surface area contributed by atoms with E-state index >= 15 is 0 Å². The van der Waals surface area contributed by atoms with Gasteiger partial charge >= 0.3 is 5.97 Å². The number of amides is 1. The molecule has 0 radical (unpaired) electrons. The van der Waals surface area contributed by atoms with Crippen molar-refractivity contribution >= 4 is 11.9 Å². The Kier molecular flexibility index (Phi) is 4.85. The zero-order chi connectivity index (χ0) is 15.4. The van der Waals surface area contributed by atoms with Gasteiger partial charge < -0.3 is 9.64 Å². The summed E-state index contributed by atoms with van der Waals surface area (Å²) in [6, 6.07) is 3.54. The van der Waals surface area contributed by atoms with E-state index in [2.05, 4.69) is 4.74 Å². The Hall–Kier alpha value is -2.02. The fourth-order valence-corrected chi connectivity index (χ4v) is 2.20. The molecule has 21 heavy (non-hydrogen) atoms. The summed E-state index contributed by atoms with van der Waals surface area (Å²) in [6.07, 6.45) is 0. The summed E-state index contributed by atoms with van der Waals surface area (Å²) < 4.78 is 31.3. The Labute approximate surface area is 121 Å². The lowest BCUT2D eigenvalue weighted by atomic mass is 10.1. The minimum Gasteiger partial charge on any atom is -0.468 e. The zero-order valence-electron chi connectivity index (χ0n) is 11.6. The lowest BCUT2D eigenvalue weighted by molar-refractivity contribution is -0.142. The first-order chi connectivity index (χ1) is 10.0. The standard InChI is InChI=1S/C14H16F2N2O3/c1-21-12(19)9-17-5-7-18(8-6-17)14(20)10-3-2-4-11(15)13(10)16/h2-4H,5-9H2,1H3. The fourth-order valence-electron chi connectivity index (χ4n) is 2.20. The molecule has 0 saturated carbocycles. The van der Waals surface area contributed by atoms with Gasteiger partial charge in [-0.2, -0.15) is 0 Å². The maximum absolute atomic E-state index is 13.6. The van der Waals surface area contributed by atoms with Crippen LogP contribution in [0.4, 0.5) is 8.78 Å². The van der Waals surface area contributed by atoms with Gasteiger partial charge in [-0.25, -0.2) is 8.78 Å². The maximum atomic E-state index is 13.6. The van der Waals surface area contributed by atoms with Crippen LogP contribution in [0, 0.1) is 11.6 Å². The number of hydrogen-bond acceptors (Lipinski definition) is 4. The molecular weight excluding hydrogens is 282 g/mol. The number of benzene rings is 1. The highest BCUT2D eigenvalue weighted by molar-refractivity contribution is 5.94. The predicted molar refractivity (Wildman–Crippen MR) is 70.7 cm³/mol. The van der Waals surface area contributed by atoms with Gasteiger partial charge in [0.15, 0.2) is 11.6 Å². The van der Waals surface area contributed by atoms with Gasteiger partial charge in [0, 0.05) is 26.2 Å². The number of rotatable bonds is 3. The third kappa shape index (κ3) is 3.55. The zero-order valence-corrected chi connectivity index (χ0v) is 11.6. The van der Waals surface area contributed by atoms with Gasteiger partial charge in [0.2, 0.25) is 0 Å². The molecule has 0 aliphatic carbocycles. The van der Waals surface area contributed by atoms with E-state index in [0.29, 0.717) is 26.2 Å². The molecule has 0 atom stereocenters. The molecule has 0 N–H and O–H groups in total. The molecule has 2 rings (SSSR count). The second-order valence-electron chi connectivity index (χ2n) is 4.75. The number of carbonyl (C=O) groups is 2. The van der Waals surface area contributed by atoms with Crippen LogP contribution in [0.3, 0.4) is 0 Å². The van der Waals surface area contributed by atoms with Gasteiger partial charge in [0.25, 0.3) is 5.91 Å². The van der Waals surface area contributed by atoms with Crippen LogP contribution in [0.15, 0.2) is 18.2 Å². The monoisotopic (exact) mass is 298 g/mol. The van der Waals surface area contributed by atoms with E-state index in [1.807, 2.05) is 4.90 Å². The number of nitrogens with zero attached hydrogens (tertiary/aromatic N) is 2. The number of hydrogen-bond donors (Lipinski definition) is 0. The van der Waals surface area contributed by atoms with Crippen molar-refractivity contribution in [1.82, 2.24) is 9.80 Å². The molecule has 114 valence electrons. The van der Waals surface area contributed by atoms with Gasteiger partial charge in [-0.1, -0.05) is 6.07 Å². The van der Waals surface area contributed by atoms with E-state index in [9.17, 15) is 18.4 Å². The molecule has 1 aromatic carbocycles. The Balaban J connectivity index is 1.97. The molecule has 7 heteroatoms. The van der Waals surface area contributed by atoms with Crippen LogP contribution in [-0.2, 0) is 9.53 Å². The van der Waals surface area contributed by atoms with Gasteiger partial charge in [-0.05, 0) is 12.1 Å². The number of methoxy groups -OCH3 is 1. The number of esters is 1. The van der Waals surface area contributed by atoms with Crippen LogP contribution >= 0.6 is 0 Å². The van der Waals surface area contributed by atoms with Crippen molar-refractivity contribution in [2.45, 2.75) is 0 Å². The molecule has 1 heterocycles. The number of ether oxygens (including phenoxy) is 1. The normalized spacial score (nSPS) is 15.9. The van der Waals surface area contributed by atoms with Crippen LogP contribution in [0.1, 0.15) is 10.4 Å². The third-order valence-corrected chi connectivity index (χ3v) is 3.42. The average molecular weight is 298 g/mol. The number of piperazine rings is 1. The minimum atomic E-state index is -1.13. The summed E-state index contributed by atoms with van der Waals surface area (Å²) >= 11 is 0. The Morgan fingerprint density at radius 1 is 1.19 bits per heavy atom. The topological polar surface area (TPSA) is 49.9 Å². The van der Waals surface area contributed by atoms with E-state index in [0.717, 1.165) is 6.07 Å². The lowest BCUT2D eigenvalue weighted by Crippen LogP contribution is -2.50. The Morgan fingerprint density at radius 3 is 2.48 bits per heavy atom. The van der Waals surface area contributed by atoms with E-state index < -0.39 is 17.5 Å². The van der Waals surface area contributed by atoms with Gasteiger partial charge in [-0.3, -0.25) is 14.5 Å². The minimum absolute atomic E-state index is 0.160. The second kappa shape index (κ2) is 6.62. The fraction of sp³-hybridized carbons (Fsp3) is 0.429. The van der Waals surface area contributed by atoms with E-state index in [1.54, 1.807) is 0 Å². The second-order valence-corrected chi connectivity index (χ2v) is 4.75. The highest BCUT2D eigenvalue weighted by Crippen LogP contribution is 2.15. The summed E-state index contributed by atoms with van der Waals surface area (Å²) in [5.41, 5.74) is -0.267. The summed E-state index contributed by atoms with van der Waals surface area (Å²) in [4.78, 5) is 26.6. The SMILES string of the molecule is COC(=O)CN1CCN(C(=O)c2cccc(F)c2F)CC1. The Morgan fingerprint density at radius 2 is 1.86 bits per heavy atom. The van der Waals surface area contributed by atoms with Crippen molar-refractivity contribution in [2.75, 3.05) is 39.8 Å². The smallest absolute Gasteiger partial charge is 0.319 e. The molecule has 0 aromatic heterocycles.